The van der Waals surface area contributed by atoms with Crippen molar-refractivity contribution < 1.29 is 27.6 Å². The second-order valence-electron chi connectivity index (χ2n) is 9.85. The summed E-state index contributed by atoms with van der Waals surface area (Å²) in [5, 5.41) is 14.9. The number of amides is 2. The molecule has 0 spiro atoms. The molecule has 3 aromatic rings. The summed E-state index contributed by atoms with van der Waals surface area (Å²) in [6.07, 6.45) is 0.740. The number of Topliss-reactive ketones (excluding diaryl/α,β-unsaturated/α-hetero) is 1. The minimum atomic E-state index is -3.00. The first-order valence-corrected chi connectivity index (χ1v) is 11.5. The number of H-pyrrole nitrogens is 1. The van der Waals surface area contributed by atoms with Crippen molar-refractivity contribution in [3.8, 4) is 0 Å². The molecule has 1 aromatic carbocycles. The van der Waals surface area contributed by atoms with Crippen LogP contribution in [-0.4, -0.2) is 43.5 Å². The fourth-order valence-electron chi connectivity index (χ4n) is 5.66. The Morgan fingerprint density at radius 1 is 1.17 bits per heavy atom. The van der Waals surface area contributed by atoms with Crippen LogP contribution in [0.2, 0.25) is 0 Å². The van der Waals surface area contributed by atoms with Crippen LogP contribution >= 0.6 is 0 Å². The van der Waals surface area contributed by atoms with Gasteiger partial charge in [-0.15, -0.1) is 5.10 Å². The van der Waals surface area contributed by atoms with E-state index in [1.165, 1.54) is 30.5 Å². The number of hydrogen-bond donors (Lipinski definition) is 3. The van der Waals surface area contributed by atoms with Crippen molar-refractivity contribution >= 4 is 23.3 Å². The predicted octanol–water partition coefficient (Wildman–Crippen LogP) is 3.05. The van der Waals surface area contributed by atoms with Crippen molar-refractivity contribution in [2.45, 2.75) is 50.1 Å². The van der Waals surface area contributed by atoms with Gasteiger partial charge in [0.1, 0.15) is 5.82 Å². The Morgan fingerprint density at radius 3 is 2.53 bits per heavy atom. The van der Waals surface area contributed by atoms with Gasteiger partial charge in [0, 0.05) is 36.7 Å². The van der Waals surface area contributed by atoms with Crippen molar-refractivity contribution in [3.63, 3.8) is 0 Å². The lowest BCUT2D eigenvalue weighted by atomic mass is 9.71. The molecule has 3 aliphatic rings. The number of fused-ring (bicyclic) bond motifs is 3. The number of anilines is 1. The van der Waals surface area contributed by atoms with Crippen molar-refractivity contribution in [2.75, 3.05) is 5.32 Å². The molecule has 186 valence electrons. The molecule has 0 radical (unpaired) electrons. The van der Waals surface area contributed by atoms with E-state index in [-0.39, 0.29) is 23.2 Å². The highest BCUT2D eigenvalue weighted by molar-refractivity contribution is 6.43. The molecule has 0 unspecified atom stereocenters. The second kappa shape index (κ2) is 7.52. The summed E-state index contributed by atoms with van der Waals surface area (Å²) in [5.41, 5.74) is 0.497. The maximum absolute atomic E-state index is 13.8. The lowest BCUT2D eigenvalue weighted by Gasteiger charge is -2.46. The zero-order chi connectivity index (χ0) is 25.4. The number of benzene rings is 1. The third kappa shape index (κ3) is 3.42. The third-order valence-corrected chi connectivity index (χ3v) is 7.39. The van der Waals surface area contributed by atoms with Gasteiger partial charge in [-0.25, -0.2) is 13.2 Å². The lowest BCUT2D eigenvalue weighted by Crippen LogP contribution is -2.61. The van der Waals surface area contributed by atoms with Crippen LogP contribution in [0.5, 0.6) is 0 Å². The van der Waals surface area contributed by atoms with Gasteiger partial charge in [-0.3, -0.25) is 19.5 Å². The molecule has 12 heteroatoms. The highest BCUT2D eigenvalue weighted by Gasteiger charge is 2.60. The fourth-order valence-corrected chi connectivity index (χ4v) is 5.66. The van der Waals surface area contributed by atoms with Gasteiger partial charge < -0.3 is 15.2 Å². The first kappa shape index (κ1) is 22.5. The number of halogens is 3. The quantitative estimate of drug-likeness (QED) is 0.356. The Morgan fingerprint density at radius 2 is 1.89 bits per heavy atom. The van der Waals surface area contributed by atoms with Crippen molar-refractivity contribution in [2.24, 2.45) is 5.92 Å². The molecule has 36 heavy (non-hydrogen) atoms. The smallest absolute Gasteiger partial charge is 0.294 e. The van der Waals surface area contributed by atoms with E-state index in [2.05, 4.69) is 26.0 Å². The van der Waals surface area contributed by atoms with Gasteiger partial charge in [0.25, 0.3) is 23.5 Å². The molecule has 3 N–H and O–H groups in total. The SMILES string of the molecule is Cc1c(C(=O)Nc2ccc(F)cc2)c2n(c1C(=O)C(=O)NC1(c3cnn[nH]3)CC(F)(F)C1)C[C@H]1C[C@@H]21. The normalized spacial score (nSPS) is 22.2. The summed E-state index contributed by atoms with van der Waals surface area (Å²) in [6.45, 7) is 2.08. The number of hydrogen-bond acceptors (Lipinski definition) is 5. The number of nitrogens with zero attached hydrogens (tertiary/aromatic N) is 3. The van der Waals surface area contributed by atoms with Crippen LogP contribution in [0.4, 0.5) is 18.9 Å². The zero-order valence-electron chi connectivity index (χ0n) is 19.1. The average Bonchev–Trinajstić information content (AvgIpc) is 3.14. The molecule has 6 rings (SSSR count). The molecule has 0 bridgehead atoms. The lowest BCUT2D eigenvalue weighted by molar-refractivity contribution is -0.148. The Balaban J connectivity index is 1.31. The Hall–Kier alpha value is -3.96. The molecular formula is C24H21F3N6O3. The van der Waals surface area contributed by atoms with Crippen LogP contribution in [0.25, 0.3) is 0 Å². The molecule has 2 fully saturated rings. The number of rotatable bonds is 6. The van der Waals surface area contributed by atoms with Crippen molar-refractivity contribution in [1.82, 2.24) is 25.3 Å². The van der Waals surface area contributed by atoms with Gasteiger partial charge in [-0.1, -0.05) is 5.21 Å². The van der Waals surface area contributed by atoms with Crippen LogP contribution in [-0.2, 0) is 16.9 Å². The maximum atomic E-state index is 13.8. The molecule has 2 saturated carbocycles. The molecule has 3 heterocycles. The largest absolute Gasteiger partial charge is 0.340 e. The van der Waals surface area contributed by atoms with E-state index in [9.17, 15) is 27.6 Å². The number of carbonyl (C=O) groups is 3. The summed E-state index contributed by atoms with van der Waals surface area (Å²) >= 11 is 0. The van der Waals surface area contributed by atoms with Crippen molar-refractivity contribution in [1.29, 1.82) is 0 Å². The summed E-state index contributed by atoms with van der Waals surface area (Å²) in [6, 6.07) is 5.29. The highest BCUT2D eigenvalue weighted by atomic mass is 19.3. The van der Waals surface area contributed by atoms with Gasteiger partial charge in [0.05, 0.1) is 28.7 Å². The second-order valence-corrected chi connectivity index (χ2v) is 9.85. The first-order chi connectivity index (χ1) is 17.1. The van der Waals surface area contributed by atoms with Crippen LogP contribution in [0.3, 0.4) is 0 Å². The van der Waals surface area contributed by atoms with E-state index in [1.807, 2.05) is 0 Å². The molecule has 2 aliphatic carbocycles. The zero-order valence-corrected chi connectivity index (χ0v) is 19.1. The summed E-state index contributed by atoms with van der Waals surface area (Å²) < 4.78 is 42.6. The Bertz CT molecular complexity index is 1410. The number of aromatic nitrogens is 4. The topological polar surface area (TPSA) is 122 Å². The highest BCUT2D eigenvalue weighted by Crippen LogP contribution is 2.56. The van der Waals surface area contributed by atoms with Crippen LogP contribution < -0.4 is 10.6 Å². The van der Waals surface area contributed by atoms with Gasteiger partial charge >= 0.3 is 0 Å². The van der Waals surface area contributed by atoms with E-state index in [0.29, 0.717) is 29.1 Å². The Labute approximate surface area is 202 Å². The van der Waals surface area contributed by atoms with E-state index in [0.717, 1.165) is 6.42 Å². The first-order valence-electron chi connectivity index (χ1n) is 11.5. The third-order valence-electron chi connectivity index (χ3n) is 7.39. The van der Waals surface area contributed by atoms with Crippen LogP contribution in [0.1, 0.15) is 63.0 Å². The van der Waals surface area contributed by atoms with Gasteiger partial charge in [-0.2, -0.15) is 0 Å². The van der Waals surface area contributed by atoms with E-state index < -0.39 is 47.7 Å². The molecule has 2 aromatic heterocycles. The minimum absolute atomic E-state index is 0.0722. The number of carbonyl (C=O) groups excluding carboxylic acids is 3. The molecular weight excluding hydrogens is 477 g/mol. The summed E-state index contributed by atoms with van der Waals surface area (Å²) in [4.78, 5) is 39.7. The molecule has 2 atom stereocenters. The Kier molecular flexibility index (Phi) is 4.70. The minimum Gasteiger partial charge on any atom is -0.340 e. The van der Waals surface area contributed by atoms with Crippen molar-refractivity contribution in [3.05, 3.63) is 64.5 Å². The van der Waals surface area contributed by atoms with E-state index in [1.54, 1.807) is 11.5 Å². The molecule has 9 nitrogen and oxygen atoms in total. The maximum Gasteiger partial charge on any atom is 0.294 e. The monoisotopic (exact) mass is 498 g/mol. The number of alkyl halides is 2. The number of nitrogens with one attached hydrogen (secondary N) is 3. The standard InChI is InChI=1S/C24H21F3N6O3/c1-11-17(21(35)29-14-4-2-13(25)3-5-14)19-15-6-12(15)8-33(19)18(11)20(34)22(36)30-23(9-24(26,27)10-23)16-7-28-32-31-16/h2-5,7,12,15H,6,8-10H2,1H3,(H,29,35)(H,30,36)(H,28,31,32)/t12-,15-/m1/s1. The van der Waals surface area contributed by atoms with Crippen LogP contribution in [0, 0.1) is 18.7 Å². The summed E-state index contributed by atoms with van der Waals surface area (Å²) in [7, 11) is 0. The fraction of sp³-hybridized carbons (Fsp3) is 0.375. The number of aromatic amines is 1. The predicted molar refractivity (Wildman–Crippen MR) is 119 cm³/mol. The van der Waals surface area contributed by atoms with Gasteiger partial charge in [-0.05, 0) is 49.1 Å². The average molecular weight is 498 g/mol. The summed E-state index contributed by atoms with van der Waals surface area (Å²) in [5.74, 6) is -5.47. The van der Waals surface area contributed by atoms with Gasteiger partial charge in [0.15, 0.2) is 0 Å². The molecule has 1 aliphatic heterocycles. The van der Waals surface area contributed by atoms with E-state index in [4.69, 9.17) is 0 Å². The molecule has 0 saturated heterocycles. The van der Waals surface area contributed by atoms with Gasteiger partial charge in [0.2, 0.25) is 0 Å². The van der Waals surface area contributed by atoms with E-state index >= 15 is 0 Å². The number of ketones is 1. The molecule has 2 amide bonds. The van der Waals surface area contributed by atoms with Crippen LogP contribution in [0.15, 0.2) is 30.5 Å².